The first-order valence-electron chi connectivity index (χ1n) is 9.96. The second kappa shape index (κ2) is 9.59. The van der Waals surface area contributed by atoms with Crippen LogP contribution in [-0.2, 0) is 21.4 Å². The molecule has 1 saturated heterocycles. The summed E-state index contributed by atoms with van der Waals surface area (Å²) in [6.45, 7) is 5.19. The Balaban J connectivity index is 1.59. The number of aryl methyl sites for hydroxylation is 1. The lowest BCUT2D eigenvalue weighted by Gasteiger charge is -2.35. The van der Waals surface area contributed by atoms with Gasteiger partial charge in [-0.3, -0.25) is 9.69 Å². The van der Waals surface area contributed by atoms with Crippen molar-refractivity contribution in [3.05, 3.63) is 59.7 Å². The summed E-state index contributed by atoms with van der Waals surface area (Å²) in [4.78, 5) is 16.9. The molecule has 3 rings (SSSR count). The van der Waals surface area contributed by atoms with Crippen LogP contribution in [0.2, 0.25) is 0 Å². The molecule has 162 valence electrons. The van der Waals surface area contributed by atoms with Crippen LogP contribution in [0.15, 0.2) is 53.4 Å². The number of methoxy groups -OCH3 is 1. The minimum atomic E-state index is -3.84. The number of piperazine rings is 1. The van der Waals surface area contributed by atoms with Crippen molar-refractivity contribution in [1.29, 1.82) is 0 Å². The van der Waals surface area contributed by atoms with Gasteiger partial charge in [-0.05, 0) is 30.2 Å². The van der Waals surface area contributed by atoms with Crippen LogP contribution in [0.3, 0.4) is 0 Å². The monoisotopic (exact) mass is 431 g/mol. The molecule has 2 aromatic carbocycles. The maximum atomic E-state index is 13.0. The molecule has 0 radical (unpaired) electrons. The number of hydrogen-bond donors (Lipinski definition) is 0. The molecule has 1 aliphatic rings. The minimum Gasteiger partial charge on any atom is -0.495 e. The van der Waals surface area contributed by atoms with Crippen molar-refractivity contribution in [2.75, 3.05) is 46.9 Å². The molecule has 1 amide bonds. The largest absolute Gasteiger partial charge is 0.495 e. The quantitative estimate of drug-likeness (QED) is 0.670. The maximum Gasteiger partial charge on any atom is 0.246 e. The van der Waals surface area contributed by atoms with Crippen molar-refractivity contribution in [2.45, 2.75) is 18.4 Å². The van der Waals surface area contributed by atoms with Crippen molar-refractivity contribution in [2.24, 2.45) is 0 Å². The van der Waals surface area contributed by atoms with Gasteiger partial charge in [0.1, 0.15) is 10.6 Å². The van der Waals surface area contributed by atoms with Gasteiger partial charge < -0.3 is 9.64 Å². The third-order valence-electron chi connectivity index (χ3n) is 5.34. The predicted molar refractivity (Wildman–Crippen MR) is 116 cm³/mol. The average molecular weight is 432 g/mol. The van der Waals surface area contributed by atoms with E-state index in [-0.39, 0.29) is 23.1 Å². The van der Waals surface area contributed by atoms with Crippen molar-refractivity contribution in [3.8, 4) is 5.75 Å². The number of benzene rings is 2. The molecular formula is C22H29N3O4S. The zero-order valence-corrected chi connectivity index (χ0v) is 18.6. The van der Waals surface area contributed by atoms with E-state index >= 15 is 0 Å². The number of sulfonamides is 1. The van der Waals surface area contributed by atoms with Gasteiger partial charge in [-0.25, -0.2) is 8.42 Å². The molecule has 1 heterocycles. The fraction of sp³-hybridized carbons (Fsp3) is 0.409. The number of nitrogens with zero attached hydrogens (tertiary/aromatic N) is 3. The highest BCUT2D eigenvalue weighted by Gasteiger charge is 2.29. The average Bonchev–Trinajstić information content (AvgIpc) is 2.74. The summed E-state index contributed by atoms with van der Waals surface area (Å²) in [6, 6.07) is 15.2. The Hall–Kier alpha value is -2.42. The zero-order valence-electron chi connectivity index (χ0n) is 17.7. The van der Waals surface area contributed by atoms with Gasteiger partial charge in [0.2, 0.25) is 15.9 Å². The lowest BCUT2D eigenvalue weighted by atomic mass is 10.2. The van der Waals surface area contributed by atoms with Gasteiger partial charge in [0, 0.05) is 39.8 Å². The first-order valence-corrected chi connectivity index (χ1v) is 11.4. The lowest BCUT2D eigenvalue weighted by molar-refractivity contribution is -0.133. The number of carbonyl (C=O) groups is 1. The summed E-state index contributed by atoms with van der Waals surface area (Å²) in [5.41, 5.74) is 2.05. The Morgan fingerprint density at radius 2 is 1.73 bits per heavy atom. The SMILES string of the molecule is COc1ccc(C)cc1S(=O)(=O)N(C)CC(=O)N1CCN(Cc2ccccc2)CC1. The molecule has 8 heteroatoms. The molecule has 0 N–H and O–H groups in total. The molecule has 7 nitrogen and oxygen atoms in total. The van der Waals surface area contributed by atoms with Crippen molar-refractivity contribution in [1.82, 2.24) is 14.1 Å². The molecule has 1 fully saturated rings. The van der Waals surface area contributed by atoms with Crippen LogP contribution in [0.4, 0.5) is 0 Å². The van der Waals surface area contributed by atoms with Gasteiger partial charge in [-0.15, -0.1) is 0 Å². The van der Waals surface area contributed by atoms with E-state index in [4.69, 9.17) is 4.74 Å². The maximum absolute atomic E-state index is 13.0. The summed E-state index contributed by atoms with van der Waals surface area (Å²) in [6.07, 6.45) is 0. The van der Waals surface area contributed by atoms with Crippen LogP contribution in [0.5, 0.6) is 5.75 Å². The fourth-order valence-corrected chi connectivity index (χ4v) is 4.88. The van der Waals surface area contributed by atoms with Crippen LogP contribution in [0.1, 0.15) is 11.1 Å². The van der Waals surface area contributed by atoms with Gasteiger partial charge in [-0.2, -0.15) is 4.31 Å². The first-order chi connectivity index (χ1) is 14.3. The molecule has 0 bridgehead atoms. The van der Waals surface area contributed by atoms with Crippen LogP contribution < -0.4 is 4.74 Å². The second-order valence-electron chi connectivity index (χ2n) is 7.56. The van der Waals surface area contributed by atoms with E-state index in [1.54, 1.807) is 23.1 Å². The summed E-state index contributed by atoms with van der Waals surface area (Å²) >= 11 is 0. The van der Waals surface area contributed by atoms with E-state index in [0.29, 0.717) is 13.1 Å². The number of hydrogen-bond acceptors (Lipinski definition) is 5. The van der Waals surface area contributed by atoms with E-state index in [0.717, 1.165) is 29.5 Å². The number of likely N-dealkylation sites (N-methyl/N-ethyl adjacent to an activating group) is 1. The van der Waals surface area contributed by atoms with Crippen molar-refractivity contribution < 1.29 is 17.9 Å². The van der Waals surface area contributed by atoms with Crippen molar-refractivity contribution >= 4 is 15.9 Å². The van der Waals surface area contributed by atoms with E-state index in [1.165, 1.54) is 19.7 Å². The van der Waals surface area contributed by atoms with Gasteiger partial charge in [0.25, 0.3) is 0 Å². The molecule has 0 unspecified atom stereocenters. The fourth-order valence-electron chi connectivity index (χ4n) is 3.53. The number of carbonyl (C=O) groups excluding carboxylic acids is 1. The predicted octanol–water partition coefficient (Wildman–Crippen LogP) is 1.97. The molecule has 0 spiro atoms. The standard InChI is InChI=1S/C22H29N3O4S/c1-18-9-10-20(29-3)21(15-18)30(27,28)23(2)17-22(26)25-13-11-24(12-14-25)16-19-7-5-4-6-8-19/h4-10,15H,11-14,16-17H2,1-3H3. The number of rotatable bonds is 7. The molecule has 2 aromatic rings. The molecule has 0 aliphatic carbocycles. The van der Waals surface area contributed by atoms with E-state index in [2.05, 4.69) is 17.0 Å². The highest BCUT2D eigenvalue weighted by molar-refractivity contribution is 7.89. The Labute approximate surface area is 178 Å². The van der Waals surface area contributed by atoms with Crippen LogP contribution in [-0.4, -0.2) is 75.3 Å². The lowest BCUT2D eigenvalue weighted by Crippen LogP contribution is -2.51. The highest BCUT2D eigenvalue weighted by atomic mass is 32.2. The first kappa shape index (κ1) is 22.3. The van der Waals surface area contributed by atoms with Gasteiger partial charge >= 0.3 is 0 Å². The molecular weight excluding hydrogens is 402 g/mol. The van der Waals surface area contributed by atoms with Crippen LogP contribution in [0.25, 0.3) is 0 Å². The smallest absolute Gasteiger partial charge is 0.246 e. The molecule has 0 aromatic heterocycles. The van der Waals surface area contributed by atoms with E-state index in [1.807, 2.05) is 25.1 Å². The molecule has 1 aliphatic heterocycles. The molecule has 30 heavy (non-hydrogen) atoms. The molecule has 0 saturated carbocycles. The Morgan fingerprint density at radius 1 is 1.07 bits per heavy atom. The summed E-state index contributed by atoms with van der Waals surface area (Å²) in [5, 5.41) is 0. The number of amides is 1. The van der Waals surface area contributed by atoms with Gasteiger partial charge in [-0.1, -0.05) is 36.4 Å². The minimum absolute atomic E-state index is 0.0768. The van der Waals surface area contributed by atoms with E-state index < -0.39 is 10.0 Å². The Morgan fingerprint density at radius 3 is 2.37 bits per heavy atom. The topological polar surface area (TPSA) is 70.2 Å². The highest BCUT2D eigenvalue weighted by Crippen LogP contribution is 2.27. The summed E-state index contributed by atoms with van der Waals surface area (Å²) < 4.78 is 32.3. The van der Waals surface area contributed by atoms with Crippen LogP contribution >= 0.6 is 0 Å². The third kappa shape index (κ3) is 5.19. The normalized spacial score (nSPS) is 15.4. The van der Waals surface area contributed by atoms with Crippen molar-refractivity contribution in [3.63, 3.8) is 0 Å². The second-order valence-corrected chi connectivity index (χ2v) is 9.57. The van der Waals surface area contributed by atoms with E-state index in [9.17, 15) is 13.2 Å². The Kier molecular flexibility index (Phi) is 7.12. The molecule has 0 atom stereocenters. The summed E-state index contributed by atoms with van der Waals surface area (Å²) in [5.74, 6) is 0.0847. The van der Waals surface area contributed by atoms with Gasteiger partial charge in [0.05, 0.1) is 13.7 Å². The third-order valence-corrected chi connectivity index (χ3v) is 7.16. The summed E-state index contributed by atoms with van der Waals surface area (Å²) in [7, 11) is -0.974. The Bertz CT molecular complexity index is 971. The number of ether oxygens (including phenoxy) is 1. The van der Waals surface area contributed by atoms with Gasteiger partial charge in [0.15, 0.2) is 0 Å². The zero-order chi connectivity index (χ0) is 21.7. The van der Waals surface area contributed by atoms with Crippen LogP contribution in [0, 0.1) is 6.92 Å².